The van der Waals surface area contributed by atoms with Gasteiger partial charge in [-0.15, -0.1) is 0 Å². The summed E-state index contributed by atoms with van der Waals surface area (Å²) in [6.45, 7) is 0.762. The van der Waals surface area contributed by atoms with E-state index in [9.17, 15) is 19.2 Å². The Morgan fingerprint density at radius 2 is 1.84 bits per heavy atom. The third-order valence-corrected chi connectivity index (χ3v) is 7.16. The Morgan fingerprint density at radius 1 is 1.00 bits per heavy atom. The molecule has 8 heteroatoms. The predicted molar refractivity (Wildman–Crippen MR) is 140 cm³/mol. The Morgan fingerprint density at radius 3 is 2.66 bits per heavy atom. The van der Waals surface area contributed by atoms with Gasteiger partial charge in [-0.05, 0) is 52.9 Å². The van der Waals surface area contributed by atoms with Gasteiger partial charge in [-0.2, -0.15) is 0 Å². The molecule has 8 nitrogen and oxygen atoms in total. The molecule has 0 bridgehead atoms. The Labute approximate surface area is 219 Å². The zero-order valence-electron chi connectivity index (χ0n) is 20.5. The molecule has 1 fully saturated rings. The molecule has 0 radical (unpaired) electrons. The van der Waals surface area contributed by atoms with Gasteiger partial charge in [-0.25, -0.2) is 0 Å². The number of ether oxygens (including phenoxy) is 1. The lowest BCUT2D eigenvalue weighted by atomic mass is 10.00. The second-order valence-electron chi connectivity index (χ2n) is 9.65. The highest BCUT2D eigenvalue weighted by Gasteiger charge is 2.39. The summed E-state index contributed by atoms with van der Waals surface area (Å²) in [4.78, 5) is 51.1. The first-order valence-electron chi connectivity index (χ1n) is 12.5. The van der Waals surface area contributed by atoms with Gasteiger partial charge in [-0.3, -0.25) is 24.5 Å². The lowest BCUT2D eigenvalue weighted by Gasteiger charge is -2.29. The van der Waals surface area contributed by atoms with Crippen LogP contribution in [0.25, 0.3) is 17.2 Å². The van der Waals surface area contributed by atoms with Gasteiger partial charge < -0.3 is 15.0 Å². The molecule has 3 aliphatic rings. The van der Waals surface area contributed by atoms with Gasteiger partial charge in [0.15, 0.2) is 0 Å². The third-order valence-electron chi connectivity index (χ3n) is 7.16. The quantitative estimate of drug-likeness (QED) is 0.516. The number of imide groups is 1. The number of fused-ring (bicyclic) bond motifs is 2. The summed E-state index contributed by atoms with van der Waals surface area (Å²) in [6.07, 6.45) is 2.39. The summed E-state index contributed by atoms with van der Waals surface area (Å²) < 4.78 is 5.83. The van der Waals surface area contributed by atoms with Crippen LogP contribution in [0.3, 0.4) is 0 Å². The van der Waals surface area contributed by atoms with E-state index in [1.165, 1.54) is 4.90 Å². The molecule has 4 amide bonds. The van der Waals surface area contributed by atoms with Crippen LogP contribution in [0.1, 0.15) is 39.9 Å². The highest BCUT2D eigenvalue weighted by atomic mass is 16.5. The van der Waals surface area contributed by atoms with Crippen molar-refractivity contribution < 1.29 is 23.9 Å². The number of piperidine rings is 1. The van der Waals surface area contributed by atoms with E-state index in [2.05, 4.69) is 10.6 Å². The van der Waals surface area contributed by atoms with Crippen LogP contribution in [0.5, 0.6) is 5.75 Å². The van der Waals surface area contributed by atoms with Gasteiger partial charge in [0.05, 0.1) is 5.57 Å². The highest BCUT2D eigenvalue weighted by molar-refractivity contribution is 6.05. The average Bonchev–Trinajstić information content (AvgIpc) is 3.26. The minimum Gasteiger partial charge on any atom is -0.488 e. The molecule has 6 rings (SSSR count). The standard InChI is InChI=1S/C30H25N3O5/c34-27-11-9-25(29(36)32-27)33-16-22-12-18(6-8-24(22)30(33)37)15-31-28(35)23-14-21-13-20(7-10-26(21)38-17-23)19-4-2-1-3-5-19/h1-8,10,12-14,25H,9,11,15-17H2,(H,31,35)(H,32,34,36). The number of nitrogens with one attached hydrogen (secondary N) is 2. The zero-order valence-corrected chi connectivity index (χ0v) is 20.5. The number of carbonyl (C=O) groups excluding carboxylic acids is 4. The fourth-order valence-electron chi connectivity index (χ4n) is 5.15. The molecule has 3 heterocycles. The van der Waals surface area contributed by atoms with Crippen molar-refractivity contribution in [3.63, 3.8) is 0 Å². The van der Waals surface area contributed by atoms with Crippen molar-refractivity contribution in [1.82, 2.24) is 15.5 Å². The Bertz CT molecular complexity index is 1510. The van der Waals surface area contributed by atoms with Crippen molar-refractivity contribution in [2.45, 2.75) is 32.0 Å². The van der Waals surface area contributed by atoms with Gasteiger partial charge in [-0.1, -0.05) is 48.5 Å². The van der Waals surface area contributed by atoms with Gasteiger partial charge in [0, 0.05) is 30.6 Å². The number of amides is 4. The topological polar surface area (TPSA) is 105 Å². The molecule has 1 saturated heterocycles. The molecule has 0 aromatic heterocycles. The van der Waals surface area contributed by atoms with E-state index in [1.54, 1.807) is 12.1 Å². The first kappa shape index (κ1) is 23.7. The first-order valence-corrected chi connectivity index (χ1v) is 12.5. The van der Waals surface area contributed by atoms with Gasteiger partial charge in [0.1, 0.15) is 18.4 Å². The van der Waals surface area contributed by atoms with Gasteiger partial charge in [0.2, 0.25) is 11.8 Å². The van der Waals surface area contributed by atoms with Crippen LogP contribution in [0.4, 0.5) is 0 Å². The molecule has 1 atom stereocenters. The Hall–Kier alpha value is -4.72. The van der Waals surface area contributed by atoms with E-state index in [0.29, 0.717) is 24.1 Å². The molecule has 3 aromatic carbocycles. The number of rotatable bonds is 5. The van der Waals surface area contributed by atoms with Gasteiger partial charge in [0.25, 0.3) is 11.8 Å². The Kier molecular flexibility index (Phi) is 5.99. The van der Waals surface area contributed by atoms with Crippen molar-refractivity contribution in [3.8, 4) is 16.9 Å². The molecule has 2 N–H and O–H groups in total. The normalized spacial score (nSPS) is 18.2. The fraction of sp³-hybridized carbons (Fsp3) is 0.200. The van der Waals surface area contributed by atoms with E-state index >= 15 is 0 Å². The van der Waals surface area contributed by atoms with Crippen LogP contribution in [0.15, 0.2) is 72.3 Å². The molecule has 0 spiro atoms. The fourth-order valence-corrected chi connectivity index (χ4v) is 5.15. The lowest BCUT2D eigenvalue weighted by Crippen LogP contribution is -2.52. The molecule has 0 aliphatic carbocycles. The molecule has 190 valence electrons. The van der Waals surface area contributed by atoms with Crippen LogP contribution in [-0.2, 0) is 27.5 Å². The van der Waals surface area contributed by atoms with Crippen LogP contribution >= 0.6 is 0 Å². The second-order valence-corrected chi connectivity index (χ2v) is 9.65. The van der Waals surface area contributed by atoms with Crippen molar-refractivity contribution in [1.29, 1.82) is 0 Å². The minimum absolute atomic E-state index is 0.184. The van der Waals surface area contributed by atoms with Crippen molar-refractivity contribution in [2.75, 3.05) is 6.61 Å². The summed E-state index contributed by atoms with van der Waals surface area (Å²) in [5.41, 5.74) is 5.71. The van der Waals surface area contributed by atoms with Gasteiger partial charge >= 0.3 is 0 Å². The maximum absolute atomic E-state index is 12.9. The Balaban J connectivity index is 1.13. The smallest absolute Gasteiger partial charge is 0.255 e. The monoisotopic (exact) mass is 507 g/mol. The molecule has 1 unspecified atom stereocenters. The molecular formula is C30H25N3O5. The number of hydrogen-bond donors (Lipinski definition) is 2. The van der Waals surface area contributed by atoms with Crippen molar-refractivity contribution in [2.24, 2.45) is 0 Å². The minimum atomic E-state index is -0.653. The predicted octanol–water partition coefficient (Wildman–Crippen LogP) is 3.21. The molecule has 38 heavy (non-hydrogen) atoms. The largest absolute Gasteiger partial charge is 0.488 e. The SMILES string of the molecule is O=C1CCC(N2Cc3cc(CNC(=O)C4=Cc5cc(-c6ccccc6)ccc5OC4)ccc3C2=O)C(=O)N1. The van der Waals surface area contributed by atoms with E-state index < -0.39 is 11.9 Å². The number of hydrogen-bond acceptors (Lipinski definition) is 5. The summed E-state index contributed by atoms with van der Waals surface area (Å²) in [5, 5.41) is 5.26. The molecule has 0 saturated carbocycles. The summed E-state index contributed by atoms with van der Waals surface area (Å²) >= 11 is 0. The number of nitrogens with zero attached hydrogens (tertiary/aromatic N) is 1. The summed E-state index contributed by atoms with van der Waals surface area (Å²) in [6, 6.07) is 20.7. The number of carbonyl (C=O) groups is 4. The van der Waals surface area contributed by atoms with Crippen molar-refractivity contribution in [3.05, 3.63) is 94.6 Å². The van der Waals surface area contributed by atoms with E-state index in [4.69, 9.17) is 4.74 Å². The van der Waals surface area contributed by atoms with E-state index in [1.807, 2.05) is 60.7 Å². The summed E-state index contributed by atoms with van der Waals surface area (Å²) in [7, 11) is 0. The summed E-state index contributed by atoms with van der Waals surface area (Å²) in [5.74, 6) is -0.446. The molecule has 3 aromatic rings. The highest BCUT2D eigenvalue weighted by Crippen LogP contribution is 2.32. The maximum Gasteiger partial charge on any atom is 0.255 e. The second kappa shape index (κ2) is 9.63. The molecular weight excluding hydrogens is 482 g/mol. The van der Waals surface area contributed by atoms with Crippen LogP contribution < -0.4 is 15.4 Å². The maximum atomic E-state index is 12.9. The van der Waals surface area contributed by atoms with E-state index in [-0.39, 0.29) is 37.3 Å². The zero-order chi connectivity index (χ0) is 26.2. The van der Waals surface area contributed by atoms with Crippen molar-refractivity contribution >= 4 is 29.7 Å². The van der Waals surface area contributed by atoms with Crippen LogP contribution in [0, 0.1) is 0 Å². The third kappa shape index (κ3) is 4.45. The van der Waals surface area contributed by atoms with Crippen LogP contribution in [0.2, 0.25) is 0 Å². The average molecular weight is 508 g/mol. The first-order chi connectivity index (χ1) is 18.5. The lowest BCUT2D eigenvalue weighted by molar-refractivity contribution is -0.137. The van der Waals surface area contributed by atoms with E-state index in [0.717, 1.165) is 33.6 Å². The van der Waals surface area contributed by atoms with Crippen LogP contribution in [-0.4, -0.2) is 41.2 Å². The number of benzene rings is 3. The molecule has 3 aliphatic heterocycles.